The third kappa shape index (κ3) is 4.58. The van der Waals surface area contributed by atoms with Crippen LogP contribution in [-0.2, 0) is 6.42 Å². The highest BCUT2D eigenvalue weighted by molar-refractivity contribution is 6.05. The number of amides is 1. The third-order valence-corrected chi connectivity index (χ3v) is 5.04. The monoisotopic (exact) mass is 414 g/mol. The number of nitrogens with zero attached hydrogens (tertiary/aromatic N) is 3. The second-order valence-corrected chi connectivity index (χ2v) is 7.81. The average Bonchev–Trinajstić information content (AvgIpc) is 3.16. The molecule has 31 heavy (non-hydrogen) atoms. The highest BCUT2D eigenvalue weighted by atomic mass is 16.5. The summed E-state index contributed by atoms with van der Waals surface area (Å²) in [5.74, 6) is 0.564. The maximum absolute atomic E-state index is 12.7. The van der Waals surface area contributed by atoms with E-state index in [-0.39, 0.29) is 12.0 Å². The van der Waals surface area contributed by atoms with E-state index in [9.17, 15) is 4.79 Å². The summed E-state index contributed by atoms with van der Waals surface area (Å²) in [6.07, 6.45) is 1.08. The van der Waals surface area contributed by atoms with E-state index in [0.29, 0.717) is 11.3 Å². The van der Waals surface area contributed by atoms with E-state index in [1.165, 1.54) is 5.56 Å². The van der Waals surface area contributed by atoms with Crippen LogP contribution in [0.25, 0.3) is 16.7 Å². The zero-order valence-electron chi connectivity index (χ0n) is 18.2. The molecule has 0 spiro atoms. The van der Waals surface area contributed by atoms with Gasteiger partial charge in [-0.05, 0) is 86.8 Å². The predicted octanol–water partition coefficient (Wildman–Crippen LogP) is 5.33. The standard InChI is InChI=1S/C25H26N4O2/c1-5-18-6-10-20(11-7-18)29-27-23-14-17(4)22(15-24(23)28-29)26-25(30)19-8-12-21(13-9-19)31-16(2)3/h6-16H,5H2,1-4H3,(H,26,30). The smallest absolute Gasteiger partial charge is 0.255 e. The van der Waals surface area contributed by atoms with Crippen molar-refractivity contribution < 1.29 is 9.53 Å². The molecule has 0 radical (unpaired) electrons. The van der Waals surface area contributed by atoms with Crippen molar-refractivity contribution in [3.05, 3.63) is 77.4 Å². The van der Waals surface area contributed by atoms with Crippen molar-refractivity contribution in [1.82, 2.24) is 15.0 Å². The summed E-state index contributed by atoms with van der Waals surface area (Å²) < 4.78 is 5.64. The van der Waals surface area contributed by atoms with Gasteiger partial charge in [0, 0.05) is 11.3 Å². The molecule has 1 N–H and O–H groups in total. The number of aromatic nitrogens is 3. The van der Waals surface area contributed by atoms with Crippen LogP contribution in [0.5, 0.6) is 5.75 Å². The number of ether oxygens (including phenoxy) is 1. The van der Waals surface area contributed by atoms with Gasteiger partial charge in [0.05, 0.1) is 11.8 Å². The number of carbonyl (C=O) groups is 1. The number of aryl methyl sites for hydroxylation is 2. The lowest BCUT2D eigenvalue weighted by Gasteiger charge is -2.11. The van der Waals surface area contributed by atoms with Crippen molar-refractivity contribution in [2.45, 2.75) is 40.2 Å². The Kier molecular flexibility index (Phi) is 5.71. The van der Waals surface area contributed by atoms with Crippen LogP contribution in [0.3, 0.4) is 0 Å². The molecule has 6 heteroatoms. The number of hydrogen-bond acceptors (Lipinski definition) is 4. The number of carbonyl (C=O) groups excluding carboxylic acids is 1. The minimum atomic E-state index is -0.180. The molecule has 1 aromatic heterocycles. The number of anilines is 1. The summed E-state index contributed by atoms with van der Waals surface area (Å²) in [4.78, 5) is 14.4. The molecule has 0 atom stereocenters. The maximum atomic E-state index is 12.7. The van der Waals surface area contributed by atoms with Gasteiger partial charge >= 0.3 is 0 Å². The van der Waals surface area contributed by atoms with Crippen molar-refractivity contribution in [2.75, 3.05) is 5.32 Å². The van der Waals surface area contributed by atoms with Crippen molar-refractivity contribution in [2.24, 2.45) is 0 Å². The molecule has 0 fully saturated rings. The van der Waals surface area contributed by atoms with Gasteiger partial charge in [-0.3, -0.25) is 4.79 Å². The number of benzene rings is 3. The molecule has 0 saturated heterocycles. The van der Waals surface area contributed by atoms with Crippen molar-refractivity contribution in [3.8, 4) is 11.4 Å². The van der Waals surface area contributed by atoms with Crippen LogP contribution < -0.4 is 10.1 Å². The van der Waals surface area contributed by atoms with E-state index in [1.54, 1.807) is 29.1 Å². The van der Waals surface area contributed by atoms with Crippen LogP contribution in [0, 0.1) is 6.92 Å². The first-order valence-electron chi connectivity index (χ1n) is 10.5. The van der Waals surface area contributed by atoms with Gasteiger partial charge in [-0.15, -0.1) is 10.2 Å². The molecule has 0 aliphatic rings. The number of fused-ring (bicyclic) bond motifs is 1. The van der Waals surface area contributed by atoms with Gasteiger partial charge in [0.2, 0.25) is 0 Å². The van der Waals surface area contributed by atoms with Crippen LogP contribution in [0.4, 0.5) is 5.69 Å². The summed E-state index contributed by atoms with van der Waals surface area (Å²) in [6, 6.07) is 19.1. The highest BCUT2D eigenvalue weighted by Crippen LogP contribution is 2.23. The molecule has 0 saturated carbocycles. The zero-order valence-corrected chi connectivity index (χ0v) is 18.2. The predicted molar refractivity (Wildman–Crippen MR) is 123 cm³/mol. The first-order chi connectivity index (χ1) is 14.9. The van der Waals surface area contributed by atoms with E-state index >= 15 is 0 Å². The second-order valence-electron chi connectivity index (χ2n) is 7.81. The molecular weight excluding hydrogens is 388 g/mol. The topological polar surface area (TPSA) is 69.0 Å². The summed E-state index contributed by atoms with van der Waals surface area (Å²) in [5, 5.41) is 12.2. The minimum absolute atomic E-state index is 0.0899. The molecule has 0 bridgehead atoms. The summed E-state index contributed by atoms with van der Waals surface area (Å²) in [5.41, 5.74) is 5.88. The number of rotatable bonds is 6. The Labute approximate surface area is 181 Å². The SMILES string of the molecule is CCc1ccc(-n2nc3cc(C)c(NC(=O)c4ccc(OC(C)C)cc4)cc3n2)cc1. The fraction of sp³-hybridized carbons (Fsp3) is 0.240. The Morgan fingerprint density at radius 1 is 1.00 bits per heavy atom. The highest BCUT2D eigenvalue weighted by Gasteiger charge is 2.12. The molecule has 1 heterocycles. The van der Waals surface area contributed by atoms with E-state index < -0.39 is 0 Å². The number of nitrogens with one attached hydrogen (secondary N) is 1. The molecule has 3 aromatic carbocycles. The van der Waals surface area contributed by atoms with E-state index in [1.807, 2.05) is 45.0 Å². The Hall–Kier alpha value is -3.67. The molecule has 0 aliphatic carbocycles. The molecule has 158 valence electrons. The van der Waals surface area contributed by atoms with Gasteiger partial charge in [0.1, 0.15) is 16.8 Å². The van der Waals surface area contributed by atoms with E-state index in [2.05, 4.69) is 34.6 Å². The van der Waals surface area contributed by atoms with Crippen molar-refractivity contribution in [3.63, 3.8) is 0 Å². The number of hydrogen-bond donors (Lipinski definition) is 1. The van der Waals surface area contributed by atoms with Gasteiger partial charge in [-0.2, -0.15) is 4.80 Å². The van der Waals surface area contributed by atoms with Gasteiger partial charge in [0.15, 0.2) is 0 Å². The molecule has 1 amide bonds. The molecule has 6 nitrogen and oxygen atoms in total. The quantitative estimate of drug-likeness (QED) is 0.463. The fourth-order valence-electron chi connectivity index (χ4n) is 3.33. The molecule has 4 rings (SSSR count). The Morgan fingerprint density at radius 2 is 1.65 bits per heavy atom. The van der Waals surface area contributed by atoms with Gasteiger partial charge < -0.3 is 10.1 Å². The van der Waals surface area contributed by atoms with Crippen LogP contribution in [-0.4, -0.2) is 27.0 Å². The van der Waals surface area contributed by atoms with E-state index in [4.69, 9.17) is 4.74 Å². The van der Waals surface area contributed by atoms with Crippen LogP contribution in [0.15, 0.2) is 60.7 Å². The van der Waals surface area contributed by atoms with Crippen molar-refractivity contribution in [1.29, 1.82) is 0 Å². The fourth-order valence-corrected chi connectivity index (χ4v) is 3.33. The first kappa shape index (κ1) is 20.6. The molecular formula is C25H26N4O2. The van der Waals surface area contributed by atoms with Gasteiger partial charge in [-0.25, -0.2) is 0 Å². The lowest BCUT2D eigenvalue weighted by molar-refractivity contribution is 0.102. The Bertz CT molecular complexity index is 1210. The first-order valence-corrected chi connectivity index (χ1v) is 10.5. The van der Waals surface area contributed by atoms with Crippen LogP contribution in [0.1, 0.15) is 42.3 Å². The summed E-state index contributed by atoms with van der Waals surface area (Å²) >= 11 is 0. The van der Waals surface area contributed by atoms with Crippen molar-refractivity contribution >= 4 is 22.6 Å². The maximum Gasteiger partial charge on any atom is 0.255 e. The minimum Gasteiger partial charge on any atom is -0.491 e. The Morgan fingerprint density at radius 3 is 2.26 bits per heavy atom. The van der Waals surface area contributed by atoms with Crippen LogP contribution in [0.2, 0.25) is 0 Å². The zero-order chi connectivity index (χ0) is 22.0. The molecule has 0 unspecified atom stereocenters. The van der Waals surface area contributed by atoms with Gasteiger partial charge in [-0.1, -0.05) is 19.1 Å². The Balaban J connectivity index is 1.56. The van der Waals surface area contributed by atoms with E-state index in [0.717, 1.165) is 34.5 Å². The third-order valence-electron chi connectivity index (χ3n) is 5.04. The normalized spacial score (nSPS) is 11.1. The second kappa shape index (κ2) is 8.60. The largest absolute Gasteiger partial charge is 0.491 e. The summed E-state index contributed by atoms with van der Waals surface area (Å²) in [6.45, 7) is 8.01. The summed E-state index contributed by atoms with van der Waals surface area (Å²) in [7, 11) is 0. The lowest BCUT2D eigenvalue weighted by atomic mass is 10.1. The molecule has 4 aromatic rings. The van der Waals surface area contributed by atoms with Crippen LogP contribution >= 0.6 is 0 Å². The van der Waals surface area contributed by atoms with Gasteiger partial charge in [0.25, 0.3) is 5.91 Å². The molecule has 0 aliphatic heterocycles. The average molecular weight is 415 g/mol. The lowest BCUT2D eigenvalue weighted by Crippen LogP contribution is -2.13.